The Morgan fingerprint density at radius 3 is 2.61 bits per heavy atom. The molecule has 0 saturated carbocycles. The summed E-state index contributed by atoms with van der Waals surface area (Å²) in [6.07, 6.45) is 0. The van der Waals surface area contributed by atoms with Gasteiger partial charge in [0.05, 0.1) is 18.6 Å². The number of carbonyl (C=O) groups excluding carboxylic acids is 2. The molecule has 1 aromatic heterocycles. The Morgan fingerprint density at radius 1 is 1.21 bits per heavy atom. The number of nitrogens with zero attached hydrogens (tertiary/aromatic N) is 1. The van der Waals surface area contributed by atoms with Gasteiger partial charge in [-0.15, -0.1) is 11.8 Å². The van der Waals surface area contributed by atoms with E-state index >= 15 is 0 Å². The maximum atomic E-state index is 12.4. The zero-order chi connectivity index (χ0) is 20.5. The van der Waals surface area contributed by atoms with E-state index in [-0.39, 0.29) is 41.4 Å². The van der Waals surface area contributed by atoms with Crippen LogP contribution in [0.4, 0.5) is 14.6 Å². The van der Waals surface area contributed by atoms with E-state index in [0.29, 0.717) is 17.1 Å². The Labute approximate surface area is 163 Å². The van der Waals surface area contributed by atoms with E-state index in [2.05, 4.69) is 20.5 Å². The minimum absolute atomic E-state index is 0.0574. The summed E-state index contributed by atoms with van der Waals surface area (Å²) in [7, 11) is 1.34. The van der Waals surface area contributed by atoms with Crippen LogP contribution in [0, 0.1) is 6.92 Å². The third-order valence-corrected chi connectivity index (χ3v) is 4.23. The van der Waals surface area contributed by atoms with Crippen molar-refractivity contribution in [2.75, 3.05) is 23.9 Å². The monoisotopic (exact) mass is 415 g/mol. The number of aryl methyl sites for hydroxylation is 1. The van der Waals surface area contributed by atoms with Gasteiger partial charge in [0, 0.05) is 12.6 Å². The van der Waals surface area contributed by atoms with E-state index in [1.54, 1.807) is 19.1 Å². The van der Waals surface area contributed by atoms with Gasteiger partial charge in [-0.1, -0.05) is 11.2 Å². The number of halogens is 2. The van der Waals surface area contributed by atoms with Crippen LogP contribution in [0.3, 0.4) is 0 Å². The first kappa shape index (κ1) is 21.5. The summed E-state index contributed by atoms with van der Waals surface area (Å²) in [5.74, 6) is 0.447. The summed E-state index contributed by atoms with van der Waals surface area (Å²) in [5, 5.41) is 8.82. The van der Waals surface area contributed by atoms with Gasteiger partial charge < -0.3 is 24.6 Å². The number of nitrogens with one attached hydrogen (secondary N) is 2. The average Bonchev–Trinajstić information content (AvgIpc) is 3.04. The maximum absolute atomic E-state index is 12.4. The van der Waals surface area contributed by atoms with Crippen LogP contribution < -0.4 is 20.1 Å². The van der Waals surface area contributed by atoms with Crippen molar-refractivity contribution in [2.45, 2.75) is 20.1 Å². The number of methoxy groups -OCH3 is 1. The highest BCUT2D eigenvalue weighted by Crippen LogP contribution is 2.29. The topological polar surface area (TPSA) is 103 Å². The molecular formula is C17H19F2N3O5S. The number of hydrogen-bond donors (Lipinski definition) is 2. The van der Waals surface area contributed by atoms with Crippen LogP contribution >= 0.6 is 11.8 Å². The first-order chi connectivity index (χ1) is 13.4. The fourth-order valence-electron chi connectivity index (χ4n) is 2.11. The molecule has 0 spiro atoms. The molecule has 0 unspecified atom stereocenters. The summed E-state index contributed by atoms with van der Waals surface area (Å²) < 4.78 is 39.0. The van der Waals surface area contributed by atoms with E-state index < -0.39 is 6.61 Å². The Bertz CT molecular complexity index is 816. The number of alkyl halides is 2. The molecular weight excluding hydrogens is 396 g/mol. The molecule has 1 aromatic carbocycles. The van der Waals surface area contributed by atoms with Crippen molar-refractivity contribution in [1.82, 2.24) is 10.5 Å². The Morgan fingerprint density at radius 2 is 1.96 bits per heavy atom. The van der Waals surface area contributed by atoms with Crippen LogP contribution in [0.15, 0.2) is 28.8 Å². The number of carbonyl (C=O) groups is 2. The fourth-order valence-corrected chi connectivity index (χ4v) is 2.76. The molecule has 11 heteroatoms. The molecule has 0 aliphatic rings. The van der Waals surface area contributed by atoms with Crippen LogP contribution in [-0.2, 0) is 16.1 Å². The van der Waals surface area contributed by atoms with Gasteiger partial charge >= 0.3 is 6.61 Å². The number of rotatable bonds is 10. The molecule has 8 nitrogen and oxygen atoms in total. The fraction of sp³-hybridized carbons (Fsp3) is 0.353. The summed E-state index contributed by atoms with van der Waals surface area (Å²) >= 11 is 1.12. The number of benzene rings is 1. The van der Waals surface area contributed by atoms with Gasteiger partial charge in [-0.3, -0.25) is 9.59 Å². The number of ether oxygens (including phenoxy) is 2. The predicted molar refractivity (Wildman–Crippen MR) is 98.7 cm³/mol. The SMILES string of the molecule is COc1ccc(CNC(=O)CSCC(=O)Nc2cc(C)on2)cc1OC(F)F. The van der Waals surface area contributed by atoms with Crippen LogP contribution in [-0.4, -0.2) is 42.2 Å². The lowest BCUT2D eigenvalue weighted by atomic mass is 10.2. The number of hydrogen-bond acceptors (Lipinski definition) is 7. The van der Waals surface area contributed by atoms with Crippen molar-refractivity contribution in [1.29, 1.82) is 0 Å². The molecule has 2 rings (SSSR count). The minimum Gasteiger partial charge on any atom is -0.493 e. The molecule has 28 heavy (non-hydrogen) atoms. The van der Waals surface area contributed by atoms with E-state index in [4.69, 9.17) is 9.26 Å². The van der Waals surface area contributed by atoms with Crippen molar-refractivity contribution in [3.8, 4) is 11.5 Å². The molecule has 0 aliphatic heterocycles. The Hall–Kier alpha value is -2.82. The van der Waals surface area contributed by atoms with Gasteiger partial charge in [-0.05, 0) is 24.6 Å². The lowest BCUT2D eigenvalue weighted by molar-refractivity contribution is -0.118. The first-order valence-electron chi connectivity index (χ1n) is 8.06. The highest BCUT2D eigenvalue weighted by atomic mass is 32.2. The molecule has 2 amide bonds. The molecule has 0 radical (unpaired) electrons. The Kier molecular flexibility index (Phi) is 8.05. The third-order valence-electron chi connectivity index (χ3n) is 3.30. The van der Waals surface area contributed by atoms with Crippen molar-refractivity contribution in [3.05, 3.63) is 35.6 Å². The molecule has 2 aromatic rings. The third kappa shape index (κ3) is 7.06. The second-order valence-electron chi connectivity index (χ2n) is 5.50. The number of anilines is 1. The van der Waals surface area contributed by atoms with Crippen molar-refractivity contribution in [2.24, 2.45) is 0 Å². The van der Waals surface area contributed by atoms with Crippen LogP contribution in [0.2, 0.25) is 0 Å². The standard InChI is InChI=1S/C17H19F2N3O5S/c1-10-5-14(22-27-10)21-16(24)9-28-8-15(23)20-7-11-3-4-12(25-2)13(6-11)26-17(18)19/h3-6,17H,7-9H2,1-2H3,(H,20,23)(H,21,22,24). The molecule has 0 aliphatic carbocycles. The Balaban J connectivity index is 1.73. The van der Waals surface area contributed by atoms with Gasteiger partial charge in [0.1, 0.15) is 5.76 Å². The van der Waals surface area contributed by atoms with Crippen molar-refractivity contribution in [3.63, 3.8) is 0 Å². The van der Waals surface area contributed by atoms with E-state index in [1.165, 1.54) is 19.2 Å². The largest absolute Gasteiger partial charge is 0.493 e. The van der Waals surface area contributed by atoms with Gasteiger partial charge in [-0.2, -0.15) is 8.78 Å². The average molecular weight is 415 g/mol. The zero-order valence-corrected chi connectivity index (χ0v) is 16.0. The van der Waals surface area contributed by atoms with E-state index in [0.717, 1.165) is 11.8 Å². The van der Waals surface area contributed by atoms with E-state index in [9.17, 15) is 18.4 Å². The summed E-state index contributed by atoms with van der Waals surface area (Å²) in [4.78, 5) is 23.6. The van der Waals surface area contributed by atoms with Crippen LogP contribution in [0.25, 0.3) is 0 Å². The molecule has 2 N–H and O–H groups in total. The smallest absolute Gasteiger partial charge is 0.387 e. The summed E-state index contributed by atoms with van der Waals surface area (Å²) in [6, 6.07) is 6.05. The highest BCUT2D eigenvalue weighted by molar-refractivity contribution is 8.00. The lowest BCUT2D eigenvalue weighted by Gasteiger charge is -2.12. The van der Waals surface area contributed by atoms with Crippen molar-refractivity contribution >= 4 is 29.4 Å². The molecule has 1 heterocycles. The second kappa shape index (κ2) is 10.5. The molecule has 0 atom stereocenters. The van der Waals surface area contributed by atoms with Gasteiger partial charge in [0.2, 0.25) is 11.8 Å². The van der Waals surface area contributed by atoms with E-state index in [1.807, 2.05) is 0 Å². The first-order valence-corrected chi connectivity index (χ1v) is 9.22. The number of amides is 2. The normalized spacial score (nSPS) is 10.6. The summed E-state index contributed by atoms with van der Waals surface area (Å²) in [5.41, 5.74) is 0.564. The number of aromatic nitrogens is 1. The zero-order valence-electron chi connectivity index (χ0n) is 15.2. The molecule has 152 valence electrons. The molecule has 0 fully saturated rings. The highest BCUT2D eigenvalue weighted by Gasteiger charge is 2.12. The predicted octanol–water partition coefficient (Wildman–Crippen LogP) is 2.58. The second-order valence-corrected chi connectivity index (χ2v) is 6.49. The van der Waals surface area contributed by atoms with Gasteiger partial charge in [0.25, 0.3) is 0 Å². The number of thioether (sulfide) groups is 1. The summed E-state index contributed by atoms with van der Waals surface area (Å²) in [6.45, 7) is -1.16. The van der Waals surface area contributed by atoms with Gasteiger partial charge in [0.15, 0.2) is 17.3 Å². The van der Waals surface area contributed by atoms with Crippen LogP contribution in [0.5, 0.6) is 11.5 Å². The van der Waals surface area contributed by atoms with Gasteiger partial charge in [-0.25, -0.2) is 0 Å². The maximum Gasteiger partial charge on any atom is 0.387 e. The quantitative estimate of drug-likeness (QED) is 0.615. The minimum atomic E-state index is -2.98. The van der Waals surface area contributed by atoms with Crippen LogP contribution in [0.1, 0.15) is 11.3 Å². The molecule has 0 saturated heterocycles. The van der Waals surface area contributed by atoms with Crippen molar-refractivity contribution < 1.29 is 32.4 Å². The molecule has 0 bridgehead atoms. The lowest BCUT2D eigenvalue weighted by Crippen LogP contribution is -2.25.